The smallest absolute Gasteiger partial charge is 0.497 e. The maximum atomic E-state index is 5.46. The molecule has 0 amide bonds. The number of methoxy groups -OCH3 is 2. The van der Waals surface area contributed by atoms with Crippen molar-refractivity contribution < 1.29 is 22.8 Å². The van der Waals surface area contributed by atoms with Gasteiger partial charge in [0.15, 0.2) is 0 Å². The quantitative estimate of drug-likeness (QED) is 0.717. The van der Waals surface area contributed by atoms with Crippen molar-refractivity contribution >= 4 is 8.80 Å². The Balaban J connectivity index is 3.19. The van der Waals surface area contributed by atoms with E-state index in [4.69, 9.17) is 22.8 Å². The third kappa shape index (κ3) is 3.47. The fourth-order valence-electron chi connectivity index (χ4n) is 1.96. The molecule has 0 atom stereocenters. The van der Waals surface area contributed by atoms with Crippen LogP contribution in [0.2, 0.25) is 0 Å². The van der Waals surface area contributed by atoms with Gasteiger partial charge in [-0.3, -0.25) is 0 Å². The largest absolute Gasteiger partial charge is 0.504 e. The van der Waals surface area contributed by atoms with Crippen molar-refractivity contribution in [3.8, 4) is 11.5 Å². The van der Waals surface area contributed by atoms with E-state index in [0.29, 0.717) is 6.04 Å². The molecule has 0 fully saturated rings. The van der Waals surface area contributed by atoms with E-state index in [-0.39, 0.29) is 0 Å². The average molecular weight is 286 g/mol. The van der Waals surface area contributed by atoms with Gasteiger partial charge >= 0.3 is 8.80 Å². The first-order valence-electron chi connectivity index (χ1n) is 5.92. The summed E-state index contributed by atoms with van der Waals surface area (Å²) in [4.78, 5) is 0. The highest BCUT2D eigenvalue weighted by molar-refractivity contribution is 6.60. The first-order chi connectivity index (χ1) is 9.05. The molecule has 0 aliphatic carbocycles. The van der Waals surface area contributed by atoms with Crippen LogP contribution >= 0.6 is 0 Å². The summed E-state index contributed by atoms with van der Waals surface area (Å²) in [6.45, 7) is 2.00. The Bertz CT molecular complexity index is 409. The molecule has 5 nitrogen and oxygen atoms in total. The Morgan fingerprint density at radius 3 is 1.89 bits per heavy atom. The Morgan fingerprint density at radius 2 is 1.47 bits per heavy atom. The Labute approximate surface area is 115 Å². The topological polar surface area (TPSA) is 46.2 Å². The van der Waals surface area contributed by atoms with Crippen molar-refractivity contribution in [3.05, 3.63) is 23.3 Å². The summed E-state index contributed by atoms with van der Waals surface area (Å²) in [6.07, 6.45) is 0. The standard InChI is InChI=1S/C13H22O5Si/c1-10-7-11(14-2)8-13(15-3)12(10)9-19(16-4,17-5)18-6/h7-8H,9H2,1-6H3. The average Bonchev–Trinajstić information content (AvgIpc) is 2.46. The molecule has 0 saturated heterocycles. The number of hydrogen-bond acceptors (Lipinski definition) is 5. The molecule has 0 radical (unpaired) electrons. The molecule has 0 saturated carbocycles. The Kier molecular flexibility index (Phi) is 5.80. The lowest BCUT2D eigenvalue weighted by Crippen LogP contribution is -2.45. The molecule has 0 heterocycles. The fourth-order valence-corrected chi connectivity index (χ4v) is 3.78. The summed E-state index contributed by atoms with van der Waals surface area (Å²) in [7, 11) is 5.38. The van der Waals surface area contributed by atoms with Gasteiger partial charge in [-0.25, -0.2) is 0 Å². The molecule has 19 heavy (non-hydrogen) atoms. The molecule has 1 rings (SSSR count). The minimum Gasteiger partial charge on any atom is -0.497 e. The van der Waals surface area contributed by atoms with E-state index < -0.39 is 8.80 Å². The van der Waals surface area contributed by atoms with Gasteiger partial charge < -0.3 is 22.8 Å². The normalized spacial score (nSPS) is 11.5. The molecule has 0 unspecified atom stereocenters. The molecule has 0 aliphatic heterocycles. The summed E-state index contributed by atoms with van der Waals surface area (Å²) in [6, 6.07) is 4.36. The van der Waals surface area contributed by atoms with Gasteiger partial charge in [0.2, 0.25) is 0 Å². The highest BCUT2D eigenvalue weighted by Crippen LogP contribution is 2.31. The minimum atomic E-state index is -2.69. The van der Waals surface area contributed by atoms with Crippen molar-refractivity contribution in [2.75, 3.05) is 35.5 Å². The van der Waals surface area contributed by atoms with Crippen LogP contribution in [0.25, 0.3) is 0 Å². The summed E-state index contributed by atoms with van der Waals surface area (Å²) in [5.41, 5.74) is 2.07. The van der Waals surface area contributed by atoms with Gasteiger partial charge in [-0.15, -0.1) is 0 Å². The van der Waals surface area contributed by atoms with Gasteiger partial charge in [0.25, 0.3) is 0 Å². The summed E-state index contributed by atoms with van der Waals surface area (Å²) < 4.78 is 27.0. The summed E-state index contributed by atoms with van der Waals surface area (Å²) in [5.74, 6) is 1.51. The van der Waals surface area contributed by atoms with Crippen molar-refractivity contribution in [1.29, 1.82) is 0 Å². The van der Waals surface area contributed by atoms with Crippen LogP contribution in [-0.2, 0) is 19.3 Å². The van der Waals surface area contributed by atoms with Gasteiger partial charge in [-0.2, -0.15) is 0 Å². The van der Waals surface area contributed by atoms with Crippen LogP contribution in [0.5, 0.6) is 11.5 Å². The molecular formula is C13H22O5Si. The zero-order chi connectivity index (χ0) is 14.5. The van der Waals surface area contributed by atoms with Gasteiger partial charge in [0.05, 0.1) is 14.2 Å². The molecule has 0 spiro atoms. The SMILES string of the molecule is COc1cc(C)c(C[Si](OC)(OC)OC)c(OC)c1. The highest BCUT2D eigenvalue weighted by Gasteiger charge is 2.39. The maximum Gasteiger partial charge on any atom is 0.504 e. The van der Waals surface area contributed by atoms with Crippen molar-refractivity contribution in [3.63, 3.8) is 0 Å². The fraction of sp³-hybridized carbons (Fsp3) is 0.538. The van der Waals surface area contributed by atoms with Crippen molar-refractivity contribution in [2.45, 2.75) is 13.0 Å². The molecule has 1 aromatic carbocycles. The van der Waals surface area contributed by atoms with Gasteiger partial charge in [0.1, 0.15) is 11.5 Å². The second-order valence-corrected chi connectivity index (χ2v) is 7.04. The second-order valence-electron chi connectivity index (χ2n) is 4.10. The predicted octanol–water partition coefficient (Wildman–Crippen LogP) is 1.97. The number of aryl methyl sites for hydroxylation is 1. The molecule has 0 N–H and O–H groups in total. The molecular weight excluding hydrogens is 264 g/mol. The zero-order valence-corrected chi connectivity index (χ0v) is 13.4. The molecule has 108 valence electrons. The van der Waals surface area contributed by atoms with Crippen LogP contribution in [0.3, 0.4) is 0 Å². The lowest BCUT2D eigenvalue weighted by atomic mass is 10.1. The minimum absolute atomic E-state index is 0.551. The highest BCUT2D eigenvalue weighted by atomic mass is 28.4. The lowest BCUT2D eigenvalue weighted by molar-refractivity contribution is 0.122. The monoisotopic (exact) mass is 286 g/mol. The summed E-state index contributed by atoms with van der Waals surface area (Å²) >= 11 is 0. The van der Waals surface area contributed by atoms with Crippen LogP contribution < -0.4 is 9.47 Å². The molecule has 0 aromatic heterocycles. The number of ether oxygens (including phenoxy) is 2. The van der Waals surface area contributed by atoms with Gasteiger partial charge in [0, 0.05) is 39.0 Å². The van der Waals surface area contributed by atoms with E-state index in [1.807, 2.05) is 19.1 Å². The first kappa shape index (κ1) is 16.0. The van der Waals surface area contributed by atoms with Gasteiger partial charge in [-0.05, 0) is 18.6 Å². The van der Waals surface area contributed by atoms with Gasteiger partial charge in [-0.1, -0.05) is 0 Å². The molecule has 0 bridgehead atoms. The van der Waals surface area contributed by atoms with E-state index in [9.17, 15) is 0 Å². The third-order valence-corrected chi connectivity index (χ3v) is 5.84. The van der Waals surface area contributed by atoms with Crippen LogP contribution in [0.1, 0.15) is 11.1 Å². The second kappa shape index (κ2) is 6.90. The number of hydrogen-bond donors (Lipinski definition) is 0. The molecule has 1 aromatic rings. The van der Waals surface area contributed by atoms with Crippen LogP contribution in [0, 0.1) is 6.92 Å². The Hall–Kier alpha value is -1.08. The van der Waals surface area contributed by atoms with Crippen molar-refractivity contribution in [2.24, 2.45) is 0 Å². The zero-order valence-electron chi connectivity index (χ0n) is 12.4. The molecule has 6 heteroatoms. The predicted molar refractivity (Wildman–Crippen MR) is 74.8 cm³/mol. The van der Waals surface area contributed by atoms with Crippen molar-refractivity contribution in [1.82, 2.24) is 0 Å². The van der Waals surface area contributed by atoms with Crippen LogP contribution in [0.4, 0.5) is 0 Å². The lowest BCUT2D eigenvalue weighted by Gasteiger charge is -2.26. The Morgan fingerprint density at radius 1 is 0.895 bits per heavy atom. The van der Waals surface area contributed by atoms with E-state index in [1.165, 1.54) is 0 Å². The van der Waals surface area contributed by atoms with E-state index in [2.05, 4.69) is 0 Å². The number of benzene rings is 1. The van der Waals surface area contributed by atoms with Crippen LogP contribution in [-0.4, -0.2) is 44.4 Å². The van der Waals surface area contributed by atoms with E-state index >= 15 is 0 Å². The molecule has 0 aliphatic rings. The first-order valence-corrected chi connectivity index (χ1v) is 7.86. The third-order valence-electron chi connectivity index (χ3n) is 3.19. The van der Waals surface area contributed by atoms with E-state index in [1.54, 1.807) is 35.5 Å². The summed E-state index contributed by atoms with van der Waals surface area (Å²) in [5, 5.41) is 0. The maximum absolute atomic E-state index is 5.46. The van der Waals surface area contributed by atoms with E-state index in [0.717, 1.165) is 22.6 Å². The number of rotatable bonds is 7. The van der Waals surface area contributed by atoms with Crippen LogP contribution in [0.15, 0.2) is 12.1 Å².